The van der Waals surface area contributed by atoms with Crippen molar-refractivity contribution in [2.24, 2.45) is 0 Å². The summed E-state index contributed by atoms with van der Waals surface area (Å²) in [5.74, 6) is 0.620. The van der Waals surface area contributed by atoms with Crippen LogP contribution in [0.4, 0.5) is 11.4 Å². The Morgan fingerprint density at radius 3 is 2.95 bits per heavy atom. The van der Waals surface area contributed by atoms with Gasteiger partial charge in [0, 0.05) is 65.3 Å². The number of benzene rings is 2. The number of anilines is 2. The standard InChI is InChI=1S/C29H28N4O3S/c1-35-28-8-5-19(17-32-28)16-31-22-6-7-26-21(14-22)13-20-3-2-4-24(29(20)37-26)25-18-33(11-12-36-25)23-9-10-30-27(34)15-23/h2-10,14-15,17,25,31H,11-13,16,18H2,1H3,(H,30,34). The molecule has 188 valence electrons. The van der Waals surface area contributed by atoms with Gasteiger partial charge in [-0.05, 0) is 52.9 Å². The molecule has 6 rings (SSSR count). The third-order valence-electron chi connectivity index (χ3n) is 6.82. The lowest BCUT2D eigenvalue weighted by Gasteiger charge is -2.36. The predicted molar refractivity (Wildman–Crippen MR) is 146 cm³/mol. The van der Waals surface area contributed by atoms with Gasteiger partial charge in [0.2, 0.25) is 11.4 Å². The highest BCUT2D eigenvalue weighted by atomic mass is 32.2. The quantitative estimate of drug-likeness (QED) is 0.331. The minimum absolute atomic E-state index is 0.0453. The summed E-state index contributed by atoms with van der Waals surface area (Å²) in [6.45, 7) is 2.82. The number of hydrogen-bond donors (Lipinski definition) is 2. The maximum Gasteiger partial charge on any atom is 0.249 e. The Kier molecular flexibility index (Phi) is 6.59. The van der Waals surface area contributed by atoms with Crippen LogP contribution < -0.4 is 20.5 Å². The number of aromatic nitrogens is 2. The second-order valence-corrected chi connectivity index (χ2v) is 10.3. The Bertz CT molecular complexity index is 1470. The van der Waals surface area contributed by atoms with Crippen LogP contribution in [0.3, 0.4) is 0 Å². The van der Waals surface area contributed by atoms with Crippen LogP contribution in [-0.4, -0.2) is 36.8 Å². The van der Waals surface area contributed by atoms with Crippen LogP contribution in [0.25, 0.3) is 0 Å². The van der Waals surface area contributed by atoms with Crippen molar-refractivity contribution < 1.29 is 9.47 Å². The molecule has 0 radical (unpaired) electrons. The van der Waals surface area contributed by atoms with E-state index in [9.17, 15) is 4.79 Å². The molecule has 0 saturated carbocycles. The zero-order valence-electron chi connectivity index (χ0n) is 20.6. The number of nitrogens with zero attached hydrogens (tertiary/aromatic N) is 2. The zero-order valence-corrected chi connectivity index (χ0v) is 21.4. The van der Waals surface area contributed by atoms with Crippen LogP contribution in [0.2, 0.25) is 0 Å². The molecule has 2 aliphatic rings. The molecule has 1 atom stereocenters. The van der Waals surface area contributed by atoms with Crippen molar-refractivity contribution in [2.75, 3.05) is 37.0 Å². The van der Waals surface area contributed by atoms with Gasteiger partial charge in [0.15, 0.2) is 0 Å². The molecule has 8 heteroatoms. The largest absolute Gasteiger partial charge is 0.481 e. The molecule has 2 N–H and O–H groups in total. The van der Waals surface area contributed by atoms with Crippen molar-refractivity contribution in [1.29, 1.82) is 0 Å². The van der Waals surface area contributed by atoms with E-state index in [0.29, 0.717) is 19.0 Å². The van der Waals surface area contributed by atoms with E-state index in [-0.39, 0.29) is 11.7 Å². The minimum atomic E-state index is -0.0840. The van der Waals surface area contributed by atoms with Gasteiger partial charge in [-0.3, -0.25) is 4.79 Å². The molecule has 0 spiro atoms. The molecule has 1 fully saturated rings. The van der Waals surface area contributed by atoms with Crippen molar-refractivity contribution in [3.63, 3.8) is 0 Å². The summed E-state index contributed by atoms with van der Waals surface area (Å²) in [6.07, 6.45) is 4.38. The zero-order chi connectivity index (χ0) is 25.2. The van der Waals surface area contributed by atoms with E-state index in [4.69, 9.17) is 9.47 Å². The third-order valence-corrected chi connectivity index (χ3v) is 8.14. The van der Waals surface area contributed by atoms with Gasteiger partial charge in [-0.2, -0.15) is 0 Å². The van der Waals surface area contributed by atoms with Crippen LogP contribution in [0.5, 0.6) is 5.88 Å². The first kappa shape index (κ1) is 23.6. The first-order valence-corrected chi connectivity index (χ1v) is 13.2. The predicted octanol–water partition coefficient (Wildman–Crippen LogP) is 5.02. The van der Waals surface area contributed by atoms with Crippen LogP contribution >= 0.6 is 11.8 Å². The number of fused-ring (bicyclic) bond motifs is 2. The Balaban J connectivity index is 1.18. The van der Waals surface area contributed by atoms with Gasteiger partial charge in [0.1, 0.15) is 6.10 Å². The first-order valence-electron chi connectivity index (χ1n) is 12.4. The maximum absolute atomic E-state index is 11.8. The van der Waals surface area contributed by atoms with Crippen molar-refractivity contribution in [3.8, 4) is 5.88 Å². The Labute approximate surface area is 219 Å². The van der Waals surface area contributed by atoms with Gasteiger partial charge in [-0.25, -0.2) is 4.98 Å². The molecule has 2 aliphatic heterocycles. The normalized spacial score (nSPS) is 16.6. The highest BCUT2D eigenvalue weighted by Crippen LogP contribution is 2.45. The van der Waals surface area contributed by atoms with E-state index in [0.717, 1.165) is 36.4 Å². The fourth-order valence-corrected chi connectivity index (χ4v) is 6.11. The van der Waals surface area contributed by atoms with Crippen LogP contribution in [0.15, 0.2) is 87.6 Å². The number of hydrogen-bond acceptors (Lipinski definition) is 7. The lowest BCUT2D eigenvalue weighted by Crippen LogP contribution is -2.39. The summed E-state index contributed by atoms with van der Waals surface area (Å²) in [5, 5.41) is 3.52. The van der Waals surface area contributed by atoms with Crippen LogP contribution in [0, 0.1) is 0 Å². The van der Waals surface area contributed by atoms with Crippen molar-refractivity contribution in [1.82, 2.24) is 9.97 Å². The average molecular weight is 513 g/mol. The molecule has 4 heterocycles. The molecule has 0 amide bonds. The summed E-state index contributed by atoms with van der Waals surface area (Å²) in [4.78, 5) is 23.6. The van der Waals surface area contributed by atoms with Gasteiger partial charge in [0.05, 0.1) is 13.7 Å². The van der Waals surface area contributed by atoms with Crippen LogP contribution in [-0.2, 0) is 17.7 Å². The van der Waals surface area contributed by atoms with Gasteiger partial charge in [0.25, 0.3) is 0 Å². The second-order valence-electron chi connectivity index (χ2n) is 9.22. The van der Waals surface area contributed by atoms with E-state index in [1.165, 1.54) is 26.5 Å². The molecule has 1 unspecified atom stereocenters. The monoisotopic (exact) mass is 512 g/mol. The van der Waals surface area contributed by atoms with Crippen LogP contribution in [0.1, 0.15) is 28.4 Å². The van der Waals surface area contributed by atoms with Crippen molar-refractivity contribution in [3.05, 3.63) is 106 Å². The number of nitrogens with one attached hydrogen (secondary N) is 2. The second kappa shape index (κ2) is 10.3. The first-order chi connectivity index (χ1) is 18.2. The number of methoxy groups -OCH3 is 1. The van der Waals surface area contributed by atoms with Crippen molar-refractivity contribution >= 4 is 23.1 Å². The minimum Gasteiger partial charge on any atom is -0.481 e. The van der Waals surface area contributed by atoms with Gasteiger partial charge in [-0.15, -0.1) is 0 Å². The van der Waals surface area contributed by atoms with Crippen molar-refractivity contribution in [2.45, 2.75) is 28.9 Å². The Morgan fingerprint density at radius 1 is 1.16 bits per heavy atom. The lowest BCUT2D eigenvalue weighted by molar-refractivity contribution is 0.0380. The fourth-order valence-electron chi connectivity index (χ4n) is 4.91. The summed E-state index contributed by atoms with van der Waals surface area (Å²) < 4.78 is 11.4. The van der Waals surface area contributed by atoms with E-state index >= 15 is 0 Å². The molecule has 2 aromatic carbocycles. The smallest absolute Gasteiger partial charge is 0.249 e. The number of pyridine rings is 2. The average Bonchev–Trinajstić information content (AvgIpc) is 2.95. The maximum atomic E-state index is 11.8. The molecule has 2 aromatic heterocycles. The van der Waals surface area contributed by atoms with Gasteiger partial charge < -0.3 is 24.7 Å². The molecule has 0 aliphatic carbocycles. The topological polar surface area (TPSA) is 79.5 Å². The van der Waals surface area contributed by atoms with E-state index in [1.807, 2.05) is 36.2 Å². The molecule has 7 nitrogen and oxygen atoms in total. The molecule has 37 heavy (non-hydrogen) atoms. The number of morpholine rings is 1. The highest BCUT2D eigenvalue weighted by molar-refractivity contribution is 7.99. The molecule has 0 bridgehead atoms. The highest BCUT2D eigenvalue weighted by Gasteiger charge is 2.28. The number of H-pyrrole nitrogens is 1. The van der Waals surface area contributed by atoms with Gasteiger partial charge in [-0.1, -0.05) is 36.0 Å². The molecule has 1 saturated heterocycles. The SMILES string of the molecule is COc1ccc(CNc2ccc3c(c2)Cc2cccc(C4CN(c5cc[nH]c(=O)c5)CCO4)c2S3)cn1. The summed E-state index contributed by atoms with van der Waals surface area (Å²) >= 11 is 1.82. The molecule has 4 aromatic rings. The summed E-state index contributed by atoms with van der Waals surface area (Å²) in [7, 11) is 1.62. The van der Waals surface area contributed by atoms with Gasteiger partial charge >= 0.3 is 0 Å². The third kappa shape index (κ3) is 5.08. The molecular weight excluding hydrogens is 484 g/mol. The molecular formula is C29H28N4O3S. The number of aromatic amines is 1. The van der Waals surface area contributed by atoms with E-state index < -0.39 is 0 Å². The summed E-state index contributed by atoms with van der Waals surface area (Å²) in [6, 6.07) is 20.6. The van der Waals surface area contributed by atoms with E-state index in [2.05, 4.69) is 56.6 Å². The Morgan fingerprint density at radius 2 is 2.11 bits per heavy atom. The number of rotatable bonds is 6. The van der Waals surface area contributed by atoms with E-state index in [1.54, 1.807) is 19.4 Å². The fraction of sp³-hybridized carbons (Fsp3) is 0.241. The summed E-state index contributed by atoms with van der Waals surface area (Å²) in [5.41, 5.74) is 6.91. The Hall–Kier alpha value is -3.75. The lowest BCUT2D eigenvalue weighted by atomic mass is 9.98. The number of ether oxygens (including phenoxy) is 2.